The number of hydrogen-bond acceptors (Lipinski definition) is 4. The van der Waals surface area contributed by atoms with Gasteiger partial charge in [0.1, 0.15) is 16.2 Å². The van der Waals surface area contributed by atoms with Crippen molar-refractivity contribution in [2.75, 3.05) is 5.32 Å². The summed E-state index contributed by atoms with van der Waals surface area (Å²) in [6.07, 6.45) is 2.98. The van der Waals surface area contributed by atoms with Gasteiger partial charge in [-0.3, -0.25) is 9.48 Å². The van der Waals surface area contributed by atoms with Gasteiger partial charge in [0.25, 0.3) is 5.91 Å². The van der Waals surface area contributed by atoms with Crippen LogP contribution < -0.4 is 5.32 Å². The molecule has 0 aliphatic rings. The summed E-state index contributed by atoms with van der Waals surface area (Å²) in [6, 6.07) is 5.25. The van der Waals surface area contributed by atoms with Crippen molar-refractivity contribution in [1.29, 1.82) is 5.26 Å². The van der Waals surface area contributed by atoms with Crippen molar-refractivity contribution in [2.45, 2.75) is 0 Å². The smallest absolute Gasteiger partial charge is 0.258 e. The molecule has 2 aromatic rings. The average Bonchev–Trinajstić information content (AvgIpc) is 2.70. The minimum absolute atomic E-state index is 0.243. The minimum Gasteiger partial charge on any atom is -0.304 e. The number of aryl methyl sites for hydroxylation is 1. The molecular weight excluding hydrogens is 298 g/mol. The number of nitrogens with one attached hydrogen (secondary N) is 1. The molecule has 2 heterocycles. The third-order valence-electron chi connectivity index (χ3n) is 2.17. The first-order chi connectivity index (χ1) is 8.60. The van der Waals surface area contributed by atoms with Crippen molar-refractivity contribution in [3.8, 4) is 6.07 Å². The Hall–Kier alpha value is -2.20. The summed E-state index contributed by atoms with van der Waals surface area (Å²) in [5.74, 6) is -0.113. The third kappa shape index (κ3) is 2.55. The van der Waals surface area contributed by atoms with E-state index in [2.05, 4.69) is 31.3 Å². The van der Waals surface area contributed by atoms with E-state index in [1.165, 1.54) is 17.1 Å². The van der Waals surface area contributed by atoms with Crippen LogP contribution in [0, 0.1) is 11.3 Å². The number of halogens is 1. The quantitative estimate of drug-likeness (QED) is 0.856. The van der Waals surface area contributed by atoms with Gasteiger partial charge >= 0.3 is 0 Å². The number of anilines is 1. The van der Waals surface area contributed by atoms with E-state index in [4.69, 9.17) is 5.26 Å². The topological polar surface area (TPSA) is 83.6 Å². The van der Waals surface area contributed by atoms with Crippen molar-refractivity contribution >= 4 is 27.7 Å². The summed E-state index contributed by atoms with van der Waals surface area (Å²) in [7, 11) is 1.68. The summed E-state index contributed by atoms with van der Waals surface area (Å²) >= 11 is 3.19. The predicted molar refractivity (Wildman–Crippen MR) is 67.8 cm³/mol. The first kappa shape index (κ1) is 12.3. The number of rotatable bonds is 2. The summed E-state index contributed by atoms with van der Waals surface area (Å²) in [5, 5.41) is 15.4. The van der Waals surface area contributed by atoms with Gasteiger partial charge in [-0.25, -0.2) is 4.98 Å². The molecule has 1 N–H and O–H groups in total. The third-order valence-corrected chi connectivity index (χ3v) is 2.64. The van der Waals surface area contributed by atoms with Crippen molar-refractivity contribution in [3.63, 3.8) is 0 Å². The van der Waals surface area contributed by atoms with E-state index >= 15 is 0 Å². The van der Waals surface area contributed by atoms with E-state index in [1.54, 1.807) is 19.2 Å². The fourth-order valence-electron chi connectivity index (χ4n) is 1.35. The number of nitriles is 1. The number of nitrogens with zero attached hydrogens (tertiary/aromatic N) is 4. The Morgan fingerprint density at radius 2 is 2.33 bits per heavy atom. The lowest BCUT2D eigenvalue weighted by Crippen LogP contribution is -2.13. The molecule has 0 aliphatic heterocycles. The lowest BCUT2D eigenvalue weighted by molar-refractivity contribution is 0.102. The molecule has 0 saturated carbocycles. The van der Waals surface area contributed by atoms with Gasteiger partial charge in [-0.05, 0) is 28.1 Å². The van der Waals surface area contributed by atoms with E-state index in [0.29, 0.717) is 15.7 Å². The molecule has 0 unspecified atom stereocenters. The molecule has 90 valence electrons. The summed E-state index contributed by atoms with van der Waals surface area (Å²) < 4.78 is 2.11. The molecular formula is C11H8BrN5O. The Bertz CT molecular complexity index is 626. The fourth-order valence-corrected chi connectivity index (χ4v) is 1.59. The van der Waals surface area contributed by atoms with E-state index in [-0.39, 0.29) is 11.7 Å². The maximum absolute atomic E-state index is 11.9. The predicted octanol–water partition coefficient (Wildman–Crippen LogP) is 1.70. The largest absolute Gasteiger partial charge is 0.304 e. The Kier molecular flexibility index (Phi) is 3.39. The van der Waals surface area contributed by atoms with E-state index in [9.17, 15) is 4.79 Å². The van der Waals surface area contributed by atoms with Crippen molar-refractivity contribution in [2.24, 2.45) is 7.05 Å². The lowest BCUT2D eigenvalue weighted by Gasteiger charge is -2.01. The van der Waals surface area contributed by atoms with Crippen molar-refractivity contribution < 1.29 is 4.79 Å². The van der Waals surface area contributed by atoms with Crippen molar-refractivity contribution in [1.82, 2.24) is 14.8 Å². The second-order valence-corrected chi connectivity index (χ2v) is 4.31. The molecule has 2 aromatic heterocycles. The molecule has 2 rings (SSSR count). The van der Waals surface area contributed by atoms with Gasteiger partial charge in [0, 0.05) is 19.4 Å². The van der Waals surface area contributed by atoms with Gasteiger partial charge in [0.2, 0.25) is 0 Å². The molecule has 0 aromatic carbocycles. The number of carbonyl (C=O) groups is 1. The molecule has 0 atom stereocenters. The lowest BCUT2D eigenvalue weighted by atomic mass is 10.2. The number of pyridine rings is 1. The highest BCUT2D eigenvalue weighted by Crippen LogP contribution is 2.13. The maximum Gasteiger partial charge on any atom is 0.258 e. The molecule has 7 heteroatoms. The molecule has 0 saturated heterocycles. The zero-order valence-corrected chi connectivity index (χ0v) is 11.0. The molecule has 0 aliphatic carbocycles. The van der Waals surface area contributed by atoms with Gasteiger partial charge in [0.15, 0.2) is 5.82 Å². The molecule has 6 nitrogen and oxygen atoms in total. The Balaban J connectivity index is 2.21. The van der Waals surface area contributed by atoms with Crippen LogP contribution in [-0.4, -0.2) is 20.7 Å². The van der Waals surface area contributed by atoms with E-state index in [0.717, 1.165) is 0 Å². The van der Waals surface area contributed by atoms with Crippen LogP contribution >= 0.6 is 15.9 Å². The van der Waals surface area contributed by atoms with Crippen LogP contribution in [-0.2, 0) is 7.05 Å². The average molecular weight is 306 g/mol. The SMILES string of the molecule is Cn1cc(C#N)c(NC(=O)c2ccc(Br)nc2)n1. The molecule has 0 bridgehead atoms. The van der Waals surface area contributed by atoms with Crippen LogP contribution in [0.4, 0.5) is 5.82 Å². The van der Waals surface area contributed by atoms with Crippen LogP contribution in [0.3, 0.4) is 0 Å². The fraction of sp³-hybridized carbons (Fsp3) is 0.0909. The van der Waals surface area contributed by atoms with Crippen LogP contribution in [0.5, 0.6) is 0 Å². The second-order valence-electron chi connectivity index (χ2n) is 3.50. The zero-order valence-electron chi connectivity index (χ0n) is 9.38. The Labute approximate surface area is 111 Å². The standard InChI is InChI=1S/C11H8BrN5O/c1-17-6-8(4-13)10(16-17)15-11(18)7-2-3-9(12)14-5-7/h2-3,5-6H,1H3,(H,15,16,18). The maximum atomic E-state index is 11.9. The highest BCUT2D eigenvalue weighted by molar-refractivity contribution is 9.10. The van der Waals surface area contributed by atoms with Crippen LogP contribution in [0.2, 0.25) is 0 Å². The van der Waals surface area contributed by atoms with Gasteiger partial charge < -0.3 is 5.32 Å². The summed E-state index contributed by atoms with van der Waals surface area (Å²) in [4.78, 5) is 15.8. The molecule has 0 spiro atoms. The normalized spacial score (nSPS) is 9.83. The minimum atomic E-state index is -0.356. The molecule has 0 radical (unpaired) electrons. The number of aromatic nitrogens is 3. The Morgan fingerprint density at radius 1 is 1.56 bits per heavy atom. The first-order valence-corrected chi connectivity index (χ1v) is 5.76. The molecule has 1 amide bonds. The second kappa shape index (κ2) is 4.98. The van der Waals surface area contributed by atoms with E-state index < -0.39 is 0 Å². The molecule has 18 heavy (non-hydrogen) atoms. The number of hydrogen-bond donors (Lipinski definition) is 1. The van der Waals surface area contributed by atoms with Gasteiger partial charge in [-0.1, -0.05) is 0 Å². The van der Waals surface area contributed by atoms with Crippen LogP contribution in [0.15, 0.2) is 29.1 Å². The Morgan fingerprint density at radius 3 is 2.94 bits per heavy atom. The molecule has 0 fully saturated rings. The van der Waals surface area contributed by atoms with Gasteiger partial charge in [-0.15, -0.1) is 0 Å². The van der Waals surface area contributed by atoms with Crippen LogP contribution in [0.1, 0.15) is 15.9 Å². The highest BCUT2D eigenvalue weighted by Gasteiger charge is 2.12. The summed E-state index contributed by atoms with van der Waals surface area (Å²) in [5.41, 5.74) is 0.712. The number of amides is 1. The highest BCUT2D eigenvalue weighted by atomic mass is 79.9. The van der Waals surface area contributed by atoms with Gasteiger partial charge in [0.05, 0.1) is 5.56 Å². The first-order valence-electron chi connectivity index (χ1n) is 4.97. The van der Waals surface area contributed by atoms with Gasteiger partial charge in [-0.2, -0.15) is 10.4 Å². The zero-order chi connectivity index (χ0) is 13.1. The number of carbonyl (C=O) groups excluding carboxylic acids is 1. The van der Waals surface area contributed by atoms with Crippen LogP contribution in [0.25, 0.3) is 0 Å². The summed E-state index contributed by atoms with van der Waals surface area (Å²) in [6.45, 7) is 0. The van der Waals surface area contributed by atoms with Crippen molar-refractivity contribution in [3.05, 3.63) is 40.3 Å². The monoisotopic (exact) mass is 305 g/mol. The van der Waals surface area contributed by atoms with E-state index in [1.807, 2.05) is 6.07 Å².